The standard InChI is InChI=1S/C16H18F5OPS3/c1-7(2)8-4-5-16(3,22)9(6-8)25-23(24)26-15-13(20)11(18)10(17)12(19)14(15)21/h8-9,22-23H,1,4-6H2,2-3H3/t8-,9+,16+/m0/s1. The summed E-state index contributed by atoms with van der Waals surface area (Å²) in [4.78, 5) is -0.954. The Kier molecular flexibility index (Phi) is 7.27. The maximum absolute atomic E-state index is 13.8. The van der Waals surface area contributed by atoms with E-state index in [4.69, 9.17) is 11.8 Å². The van der Waals surface area contributed by atoms with Gasteiger partial charge in [0.1, 0.15) is 0 Å². The fourth-order valence-electron chi connectivity index (χ4n) is 2.78. The van der Waals surface area contributed by atoms with E-state index in [2.05, 4.69) is 6.58 Å². The largest absolute Gasteiger partial charge is 0.389 e. The van der Waals surface area contributed by atoms with E-state index in [-0.39, 0.29) is 11.2 Å². The lowest BCUT2D eigenvalue weighted by Crippen LogP contribution is -2.42. The summed E-state index contributed by atoms with van der Waals surface area (Å²) in [6, 6.07) is 0. The summed E-state index contributed by atoms with van der Waals surface area (Å²) < 4.78 is 67.4. The third-order valence-corrected chi connectivity index (χ3v) is 12.2. The van der Waals surface area contributed by atoms with Crippen LogP contribution in [0.1, 0.15) is 33.1 Å². The van der Waals surface area contributed by atoms with Crippen molar-refractivity contribution >= 4 is 39.7 Å². The van der Waals surface area contributed by atoms with Crippen molar-refractivity contribution in [2.75, 3.05) is 0 Å². The SMILES string of the molecule is C=C(C)[C@H]1CC[C@@](C)(O)[C@H](S[PH](=S)Sc2c(F)c(F)c(F)c(F)c2F)C1. The Morgan fingerprint density at radius 2 is 1.65 bits per heavy atom. The van der Waals surface area contributed by atoms with Gasteiger partial charge in [-0.2, -0.15) is 0 Å². The third kappa shape index (κ3) is 4.66. The lowest BCUT2D eigenvalue weighted by atomic mass is 9.77. The zero-order valence-electron chi connectivity index (χ0n) is 14.0. The molecule has 4 atom stereocenters. The van der Waals surface area contributed by atoms with Crippen molar-refractivity contribution in [2.24, 2.45) is 5.92 Å². The molecular weight excluding hydrogens is 430 g/mol. The number of allylic oxidation sites excluding steroid dienone is 1. The first kappa shape index (κ1) is 22.2. The molecule has 2 rings (SSSR count). The smallest absolute Gasteiger partial charge is 0.200 e. The molecule has 0 saturated heterocycles. The van der Waals surface area contributed by atoms with Gasteiger partial charge < -0.3 is 5.11 Å². The van der Waals surface area contributed by atoms with Gasteiger partial charge in [-0.3, -0.25) is 0 Å². The number of hydrogen-bond donors (Lipinski definition) is 1. The molecule has 1 unspecified atom stereocenters. The molecule has 146 valence electrons. The van der Waals surface area contributed by atoms with Crippen LogP contribution in [0.25, 0.3) is 0 Å². The van der Waals surface area contributed by atoms with Gasteiger partial charge in [0.2, 0.25) is 5.82 Å². The summed E-state index contributed by atoms with van der Waals surface area (Å²) >= 11 is 6.95. The summed E-state index contributed by atoms with van der Waals surface area (Å²) in [7, 11) is 0. The molecule has 10 heteroatoms. The molecule has 0 spiro atoms. The van der Waals surface area contributed by atoms with E-state index in [0.717, 1.165) is 12.0 Å². The quantitative estimate of drug-likeness (QED) is 0.190. The van der Waals surface area contributed by atoms with Gasteiger partial charge in [-0.25, -0.2) is 22.0 Å². The van der Waals surface area contributed by atoms with Crippen molar-refractivity contribution in [1.29, 1.82) is 0 Å². The Morgan fingerprint density at radius 1 is 1.15 bits per heavy atom. The molecule has 1 aromatic rings. The Bertz CT molecular complexity index is 727. The van der Waals surface area contributed by atoms with Crippen LogP contribution in [0.4, 0.5) is 22.0 Å². The zero-order chi connectivity index (χ0) is 19.8. The third-order valence-electron chi connectivity index (χ3n) is 4.48. The molecule has 1 aliphatic rings. The molecule has 1 saturated carbocycles. The highest BCUT2D eigenvalue weighted by Crippen LogP contribution is 2.60. The van der Waals surface area contributed by atoms with Crippen molar-refractivity contribution < 1.29 is 27.1 Å². The maximum atomic E-state index is 13.8. The van der Waals surface area contributed by atoms with Crippen LogP contribution in [0.15, 0.2) is 17.0 Å². The van der Waals surface area contributed by atoms with Crippen LogP contribution >= 0.6 is 27.9 Å². The van der Waals surface area contributed by atoms with Gasteiger partial charge in [0, 0.05) is 5.25 Å². The monoisotopic (exact) mass is 448 g/mol. The van der Waals surface area contributed by atoms with Gasteiger partial charge in [0.25, 0.3) is 0 Å². The van der Waals surface area contributed by atoms with E-state index >= 15 is 0 Å². The minimum atomic E-state index is -2.19. The topological polar surface area (TPSA) is 20.2 Å². The molecule has 1 N–H and O–H groups in total. The van der Waals surface area contributed by atoms with Crippen LogP contribution in [0, 0.1) is 35.0 Å². The fraction of sp³-hybridized carbons (Fsp3) is 0.500. The van der Waals surface area contributed by atoms with Crippen molar-refractivity contribution in [3.63, 3.8) is 0 Å². The predicted molar refractivity (Wildman–Crippen MR) is 102 cm³/mol. The molecule has 0 bridgehead atoms. The van der Waals surface area contributed by atoms with Crippen LogP contribution in [0.5, 0.6) is 0 Å². The first-order valence-electron chi connectivity index (χ1n) is 7.73. The molecule has 1 aliphatic carbocycles. The summed E-state index contributed by atoms with van der Waals surface area (Å²) in [5.74, 6) is -9.67. The molecule has 1 fully saturated rings. The van der Waals surface area contributed by atoms with E-state index in [1.54, 1.807) is 6.92 Å². The number of aliphatic hydroxyl groups is 1. The second kappa shape index (κ2) is 8.52. The number of benzene rings is 1. The van der Waals surface area contributed by atoms with Crippen molar-refractivity contribution in [2.45, 2.75) is 48.9 Å². The van der Waals surface area contributed by atoms with Gasteiger partial charge >= 0.3 is 0 Å². The van der Waals surface area contributed by atoms with Gasteiger partial charge in [0.05, 0.1) is 15.6 Å². The molecule has 1 aromatic carbocycles. The molecule has 0 aromatic heterocycles. The van der Waals surface area contributed by atoms with Crippen LogP contribution in [-0.4, -0.2) is 16.0 Å². The average molecular weight is 448 g/mol. The van der Waals surface area contributed by atoms with E-state index in [1.807, 2.05) is 6.92 Å². The van der Waals surface area contributed by atoms with Crippen LogP contribution < -0.4 is 0 Å². The molecule has 0 radical (unpaired) electrons. The van der Waals surface area contributed by atoms with Crippen LogP contribution in [0.3, 0.4) is 0 Å². The minimum Gasteiger partial charge on any atom is -0.389 e. The molecule has 0 aliphatic heterocycles. The van der Waals surface area contributed by atoms with Gasteiger partial charge in [0.15, 0.2) is 23.3 Å². The van der Waals surface area contributed by atoms with E-state index in [1.165, 1.54) is 11.4 Å². The van der Waals surface area contributed by atoms with E-state index < -0.39 is 44.7 Å². The Morgan fingerprint density at radius 3 is 2.15 bits per heavy atom. The summed E-state index contributed by atoms with van der Waals surface area (Å²) in [5.41, 5.74) is -0.0286. The average Bonchev–Trinajstić information content (AvgIpc) is 2.56. The minimum absolute atomic E-state index is 0.205. The molecular formula is C16H18F5OPS3. The molecule has 26 heavy (non-hydrogen) atoms. The maximum Gasteiger partial charge on any atom is 0.200 e. The van der Waals surface area contributed by atoms with Gasteiger partial charge in [-0.1, -0.05) is 35.3 Å². The Labute approximate surface area is 162 Å². The summed E-state index contributed by atoms with van der Waals surface area (Å²) in [6.45, 7) is 7.50. The molecule has 1 nitrogen and oxygen atoms in total. The first-order valence-corrected chi connectivity index (χ1v) is 13.5. The van der Waals surface area contributed by atoms with E-state index in [0.29, 0.717) is 24.2 Å². The number of hydrogen-bond acceptors (Lipinski definition) is 4. The second-order valence-corrected chi connectivity index (χ2v) is 15.8. The Balaban J connectivity index is 2.19. The van der Waals surface area contributed by atoms with Gasteiger partial charge in [-0.05, 0) is 39.0 Å². The van der Waals surface area contributed by atoms with Crippen molar-refractivity contribution in [3.8, 4) is 0 Å². The molecule has 0 amide bonds. The van der Waals surface area contributed by atoms with Crippen molar-refractivity contribution in [3.05, 3.63) is 41.2 Å². The summed E-state index contributed by atoms with van der Waals surface area (Å²) in [5, 5.41) is 8.22. The molecule has 0 heterocycles. The normalized spacial score (nSPS) is 27.4. The highest BCUT2D eigenvalue weighted by molar-refractivity contribution is 8.94. The van der Waals surface area contributed by atoms with Gasteiger partial charge in [-0.15, -0.1) is 11.4 Å². The predicted octanol–water partition coefficient (Wildman–Crippen LogP) is 6.21. The van der Waals surface area contributed by atoms with Crippen molar-refractivity contribution in [1.82, 2.24) is 0 Å². The van der Waals surface area contributed by atoms with Crippen LogP contribution in [-0.2, 0) is 11.8 Å². The second-order valence-electron chi connectivity index (χ2n) is 6.53. The highest BCUT2D eigenvalue weighted by atomic mass is 33.2. The lowest BCUT2D eigenvalue weighted by Gasteiger charge is -2.40. The lowest BCUT2D eigenvalue weighted by molar-refractivity contribution is 0.0198. The van der Waals surface area contributed by atoms with E-state index in [9.17, 15) is 27.1 Å². The van der Waals surface area contributed by atoms with Crippen LogP contribution in [0.2, 0.25) is 0 Å². The Hall–Kier alpha value is -0.0800. The number of halogens is 5. The summed E-state index contributed by atoms with van der Waals surface area (Å²) in [6.07, 6.45) is 1.92. The first-order chi connectivity index (χ1) is 12.0. The zero-order valence-corrected chi connectivity index (χ0v) is 17.5. The highest BCUT2D eigenvalue weighted by Gasteiger charge is 2.39. The number of rotatable bonds is 5. The fourth-order valence-corrected chi connectivity index (χ4v) is 11.2.